The Morgan fingerprint density at radius 2 is 2.12 bits per heavy atom. The third-order valence-electron chi connectivity index (χ3n) is 4.69. The van der Waals surface area contributed by atoms with E-state index in [0.717, 1.165) is 32.1 Å². The first-order valence-electron chi connectivity index (χ1n) is 9.15. The summed E-state index contributed by atoms with van der Waals surface area (Å²) in [6, 6.07) is 0. The van der Waals surface area contributed by atoms with Crippen molar-refractivity contribution >= 4 is 5.97 Å². The van der Waals surface area contributed by atoms with E-state index in [1.807, 2.05) is 12.2 Å². The molecule has 0 aromatic heterocycles. The maximum absolute atomic E-state index is 11.8. The van der Waals surface area contributed by atoms with E-state index < -0.39 is 12.2 Å². The van der Waals surface area contributed by atoms with Crippen LogP contribution in [0.5, 0.6) is 0 Å². The SMILES string of the molecule is CC/C=C\CC(O)/C=C/C(O)C1CC1C1C/C=C\CCCC(=O)O1. The molecule has 0 radical (unpaired) electrons. The molecule has 4 heteroatoms. The van der Waals surface area contributed by atoms with Gasteiger partial charge in [0, 0.05) is 18.8 Å². The summed E-state index contributed by atoms with van der Waals surface area (Å²) in [5.74, 6) is 0.206. The lowest BCUT2D eigenvalue weighted by molar-refractivity contribution is -0.150. The summed E-state index contributed by atoms with van der Waals surface area (Å²) in [5.41, 5.74) is 0. The molecule has 0 amide bonds. The van der Waals surface area contributed by atoms with E-state index in [1.54, 1.807) is 12.2 Å². The highest BCUT2D eigenvalue weighted by Crippen LogP contribution is 2.46. The number of ether oxygens (including phenoxy) is 1. The fraction of sp³-hybridized carbons (Fsp3) is 0.650. The minimum atomic E-state index is -0.588. The molecular formula is C20H30O4. The van der Waals surface area contributed by atoms with Gasteiger partial charge in [-0.15, -0.1) is 0 Å². The Kier molecular flexibility index (Phi) is 7.73. The van der Waals surface area contributed by atoms with Gasteiger partial charge in [-0.3, -0.25) is 4.79 Å². The molecule has 2 rings (SSSR count). The predicted molar refractivity (Wildman–Crippen MR) is 94.3 cm³/mol. The lowest BCUT2D eigenvalue weighted by Crippen LogP contribution is -2.22. The molecule has 0 aromatic rings. The molecule has 5 unspecified atom stereocenters. The lowest BCUT2D eigenvalue weighted by atomic mass is 10.1. The molecule has 2 aliphatic rings. The van der Waals surface area contributed by atoms with Crippen LogP contribution in [0.3, 0.4) is 0 Å². The summed E-state index contributed by atoms with van der Waals surface area (Å²) in [6.07, 6.45) is 15.6. The van der Waals surface area contributed by atoms with Gasteiger partial charge in [-0.1, -0.05) is 43.4 Å². The number of esters is 1. The van der Waals surface area contributed by atoms with Gasteiger partial charge in [-0.05, 0) is 38.0 Å². The minimum absolute atomic E-state index is 0.117. The predicted octanol–water partition coefficient (Wildman–Crippen LogP) is 3.30. The fourth-order valence-electron chi connectivity index (χ4n) is 3.17. The monoisotopic (exact) mass is 334 g/mol. The molecule has 4 nitrogen and oxygen atoms in total. The van der Waals surface area contributed by atoms with Gasteiger partial charge in [0.1, 0.15) is 6.10 Å². The van der Waals surface area contributed by atoms with Crippen molar-refractivity contribution in [1.29, 1.82) is 0 Å². The highest BCUT2D eigenvalue weighted by atomic mass is 16.5. The van der Waals surface area contributed by atoms with Crippen LogP contribution in [0.25, 0.3) is 0 Å². The highest BCUT2D eigenvalue weighted by Gasteiger charge is 2.47. The van der Waals surface area contributed by atoms with E-state index in [1.165, 1.54) is 0 Å². The first-order valence-corrected chi connectivity index (χ1v) is 9.15. The van der Waals surface area contributed by atoms with E-state index in [0.29, 0.717) is 12.8 Å². The molecule has 0 aromatic carbocycles. The number of cyclic esters (lactones) is 1. The maximum Gasteiger partial charge on any atom is 0.306 e. The molecule has 1 fully saturated rings. The Morgan fingerprint density at radius 3 is 2.92 bits per heavy atom. The van der Waals surface area contributed by atoms with Gasteiger partial charge in [0.25, 0.3) is 0 Å². The van der Waals surface area contributed by atoms with Crippen molar-refractivity contribution in [2.24, 2.45) is 11.8 Å². The van der Waals surface area contributed by atoms with Gasteiger partial charge in [0.15, 0.2) is 0 Å². The van der Waals surface area contributed by atoms with E-state index >= 15 is 0 Å². The summed E-state index contributed by atoms with van der Waals surface area (Å²) in [5, 5.41) is 20.1. The van der Waals surface area contributed by atoms with Gasteiger partial charge < -0.3 is 14.9 Å². The summed E-state index contributed by atoms with van der Waals surface area (Å²) in [6.45, 7) is 2.05. The Balaban J connectivity index is 1.81. The van der Waals surface area contributed by atoms with Gasteiger partial charge in [0.05, 0.1) is 12.2 Å². The smallest absolute Gasteiger partial charge is 0.306 e. The zero-order chi connectivity index (χ0) is 17.4. The van der Waals surface area contributed by atoms with Crippen molar-refractivity contribution < 1.29 is 19.7 Å². The van der Waals surface area contributed by atoms with Crippen LogP contribution in [0.4, 0.5) is 0 Å². The second kappa shape index (κ2) is 9.80. The fourth-order valence-corrected chi connectivity index (χ4v) is 3.17. The molecule has 1 saturated carbocycles. The van der Waals surface area contributed by atoms with Crippen LogP contribution < -0.4 is 0 Å². The van der Waals surface area contributed by atoms with E-state index in [2.05, 4.69) is 19.1 Å². The van der Waals surface area contributed by atoms with Crippen LogP contribution in [-0.4, -0.2) is 34.5 Å². The third-order valence-corrected chi connectivity index (χ3v) is 4.69. The Labute approximate surface area is 144 Å². The van der Waals surface area contributed by atoms with Crippen molar-refractivity contribution in [3.05, 3.63) is 36.5 Å². The number of aliphatic hydroxyl groups excluding tert-OH is 2. The minimum Gasteiger partial charge on any atom is -0.462 e. The van der Waals surface area contributed by atoms with Gasteiger partial charge >= 0.3 is 5.97 Å². The lowest BCUT2D eigenvalue weighted by Gasteiger charge is -2.17. The molecule has 5 atom stereocenters. The number of carbonyl (C=O) groups excluding carboxylic acids is 1. The number of aliphatic hydroxyl groups is 2. The van der Waals surface area contributed by atoms with Gasteiger partial charge in [-0.25, -0.2) is 0 Å². The normalized spacial score (nSPS) is 32.0. The molecule has 0 spiro atoms. The van der Waals surface area contributed by atoms with Crippen LogP contribution in [0.2, 0.25) is 0 Å². The van der Waals surface area contributed by atoms with Crippen LogP contribution in [0, 0.1) is 11.8 Å². The first kappa shape index (κ1) is 18.9. The van der Waals surface area contributed by atoms with Crippen molar-refractivity contribution in [3.8, 4) is 0 Å². The summed E-state index contributed by atoms with van der Waals surface area (Å²) >= 11 is 0. The molecule has 0 saturated heterocycles. The second-order valence-electron chi connectivity index (χ2n) is 6.75. The molecule has 0 bridgehead atoms. The molecular weight excluding hydrogens is 304 g/mol. The number of rotatable bonds is 7. The summed E-state index contributed by atoms with van der Waals surface area (Å²) < 4.78 is 5.58. The first-order chi connectivity index (χ1) is 11.6. The van der Waals surface area contributed by atoms with Crippen LogP contribution >= 0.6 is 0 Å². The van der Waals surface area contributed by atoms with E-state index in [4.69, 9.17) is 4.74 Å². The van der Waals surface area contributed by atoms with Crippen LogP contribution in [-0.2, 0) is 9.53 Å². The Bertz CT molecular complexity index is 480. The molecule has 24 heavy (non-hydrogen) atoms. The molecule has 2 N–H and O–H groups in total. The topological polar surface area (TPSA) is 66.8 Å². The van der Waals surface area contributed by atoms with Gasteiger partial charge in [-0.2, -0.15) is 0 Å². The molecule has 1 aliphatic carbocycles. The maximum atomic E-state index is 11.8. The largest absolute Gasteiger partial charge is 0.462 e. The van der Waals surface area contributed by atoms with Crippen molar-refractivity contribution in [1.82, 2.24) is 0 Å². The number of carbonyl (C=O) groups is 1. The van der Waals surface area contributed by atoms with E-state index in [9.17, 15) is 15.0 Å². The molecule has 134 valence electrons. The van der Waals surface area contributed by atoms with Crippen molar-refractivity contribution in [2.75, 3.05) is 0 Å². The van der Waals surface area contributed by atoms with Crippen LogP contribution in [0.1, 0.15) is 51.9 Å². The van der Waals surface area contributed by atoms with Crippen molar-refractivity contribution in [2.45, 2.75) is 70.2 Å². The number of allylic oxidation sites excluding steroid dienone is 2. The van der Waals surface area contributed by atoms with Gasteiger partial charge in [0.2, 0.25) is 0 Å². The Hall–Kier alpha value is -1.39. The molecule has 1 aliphatic heterocycles. The average Bonchev–Trinajstić information content (AvgIpc) is 3.34. The quantitative estimate of drug-likeness (QED) is 0.554. The number of hydrogen-bond acceptors (Lipinski definition) is 4. The zero-order valence-electron chi connectivity index (χ0n) is 14.5. The summed E-state index contributed by atoms with van der Waals surface area (Å²) in [4.78, 5) is 11.8. The average molecular weight is 334 g/mol. The Morgan fingerprint density at radius 1 is 1.29 bits per heavy atom. The third kappa shape index (κ3) is 6.25. The number of hydrogen-bond donors (Lipinski definition) is 2. The standard InChI is InChI=1S/C20H30O4/c1-2-3-6-9-15(21)12-13-18(22)16-14-17(16)19-10-7-4-5-8-11-20(23)24-19/h3-4,6-7,12-13,15-19,21-22H,2,5,8-11,14H2,1H3/b6-3-,7-4-,13-12+. The summed E-state index contributed by atoms with van der Waals surface area (Å²) in [7, 11) is 0. The van der Waals surface area contributed by atoms with Crippen LogP contribution in [0.15, 0.2) is 36.5 Å². The van der Waals surface area contributed by atoms with Crippen molar-refractivity contribution in [3.63, 3.8) is 0 Å². The zero-order valence-corrected chi connectivity index (χ0v) is 14.5. The second-order valence-corrected chi connectivity index (χ2v) is 6.75. The highest BCUT2D eigenvalue weighted by molar-refractivity contribution is 5.69. The van der Waals surface area contributed by atoms with E-state index in [-0.39, 0.29) is 23.9 Å². The molecule has 1 heterocycles.